The van der Waals surface area contributed by atoms with Gasteiger partial charge in [-0.25, -0.2) is 4.39 Å². The molecule has 0 saturated carbocycles. The van der Waals surface area contributed by atoms with Crippen LogP contribution in [0.4, 0.5) is 4.39 Å². The maximum absolute atomic E-state index is 14.7. The van der Waals surface area contributed by atoms with Gasteiger partial charge < -0.3 is 10.1 Å². The van der Waals surface area contributed by atoms with Gasteiger partial charge in [0.15, 0.2) is 5.49 Å². The quantitative estimate of drug-likeness (QED) is 0.640. The Morgan fingerprint density at radius 1 is 1.10 bits per heavy atom. The predicted octanol–water partition coefficient (Wildman–Crippen LogP) is 3.78. The van der Waals surface area contributed by atoms with Crippen LogP contribution in [0, 0.1) is 12.7 Å². The second-order valence-electron chi connectivity index (χ2n) is 7.58. The van der Waals surface area contributed by atoms with Crippen LogP contribution in [-0.4, -0.2) is 26.7 Å². The lowest BCUT2D eigenvalue weighted by Crippen LogP contribution is -2.28. The van der Waals surface area contributed by atoms with Gasteiger partial charge in [0.25, 0.3) is 5.91 Å². The van der Waals surface area contributed by atoms with Gasteiger partial charge in [-0.15, -0.1) is 0 Å². The smallest absolute Gasteiger partial charge is 0.255 e. The Bertz CT molecular complexity index is 1200. The number of aromatic nitrogens is 1. The van der Waals surface area contributed by atoms with Crippen LogP contribution >= 0.6 is 0 Å². The number of aryl methyl sites for hydroxylation is 1. The summed E-state index contributed by atoms with van der Waals surface area (Å²) in [5.74, 6) is -1.16. The zero-order valence-electron chi connectivity index (χ0n) is 17.0. The maximum Gasteiger partial charge on any atom is 0.255 e. The number of hydrogen-bond acceptors (Lipinski definition) is 3. The molecule has 1 N–H and O–H groups in total. The van der Waals surface area contributed by atoms with Crippen molar-refractivity contribution in [2.75, 3.05) is 0 Å². The van der Waals surface area contributed by atoms with Crippen molar-refractivity contribution >= 4 is 11.8 Å². The number of halogens is 1. The Hall–Kier alpha value is -3.74. The number of pyridine rings is 1. The number of carbonyl (C=O) groups excluding carboxylic acids is 2. The van der Waals surface area contributed by atoms with Gasteiger partial charge in [-0.3, -0.25) is 9.59 Å². The second-order valence-corrected chi connectivity index (χ2v) is 7.58. The van der Waals surface area contributed by atoms with Crippen LogP contribution in [0.5, 0.6) is 0 Å². The lowest BCUT2D eigenvalue weighted by atomic mass is 9.99. The summed E-state index contributed by atoms with van der Waals surface area (Å²) in [5.41, 5.74) is 2.80. The maximum atomic E-state index is 14.7. The van der Waals surface area contributed by atoms with Gasteiger partial charge in [0.1, 0.15) is 5.82 Å². The van der Waals surface area contributed by atoms with Crippen LogP contribution in [0.2, 0.25) is 0 Å². The van der Waals surface area contributed by atoms with Gasteiger partial charge in [-0.2, -0.15) is 9.72 Å². The molecule has 158 valence electrons. The third kappa shape index (κ3) is 4.26. The number of rotatable bonds is 5. The van der Waals surface area contributed by atoms with Crippen LogP contribution < -0.4 is 5.49 Å². The normalized spacial score (nSPS) is 15.9. The van der Waals surface area contributed by atoms with Crippen molar-refractivity contribution in [2.24, 2.45) is 4.99 Å². The predicted molar refractivity (Wildman–Crippen MR) is 112 cm³/mol. The molecule has 0 bridgehead atoms. The van der Waals surface area contributed by atoms with E-state index < -0.39 is 17.8 Å². The van der Waals surface area contributed by atoms with Gasteiger partial charge in [0.2, 0.25) is 5.91 Å². The second kappa shape index (κ2) is 8.55. The minimum absolute atomic E-state index is 0.00497. The highest BCUT2D eigenvalue weighted by Gasteiger charge is 2.38. The molecule has 1 aliphatic rings. The molecule has 0 fully saturated rings. The van der Waals surface area contributed by atoms with E-state index in [9.17, 15) is 19.2 Å². The summed E-state index contributed by atoms with van der Waals surface area (Å²) in [4.78, 5) is 31.0. The first-order valence-electron chi connectivity index (χ1n) is 10.0. The van der Waals surface area contributed by atoms with E-state index in [1.54, 1.807) is 23.1 Å². The summed E-state index contributed by atoms with van der Waals surface area (Å²) in [6, 6.07) is 16.5. The Morgan fingerprint density at radius 3 is 2.61 bits per heavy atom. The highest BCUT2D eigenvalue weighted by atomic mass is 19.1. The summed E-state index contributed by atoms with van der Waals surface area (Å²) < 4.78 is 15.4. The largest absolute Gasteiger partial charge is 0.427 e. The van der Waals surface area contributed by atoms with E-state index in [1.807, 2.05) is 31.2 Å². The molecular weight excluding hydrogens is 397 g/mol. The molecule has 0 radical (unpaired) electrons. The topological polar surface area (TPSA) is 74.9 Å². The highest BCUT2D eigenvalue weighted by molar-refractivity contribution is 5.99. The van der Waals surface area contributed by atoms with E-state index >= 15 is 0 Å². The van der Waals surface area contributed by atoms with Crippen molar-refractivity contribution in [3.63, 3.8) is 0 Å². The first-order chi connectivity index (χ1) is 14.9. The zero-order chi connectivity index (χ0) is 22.0. The fourth-order valence-electron chi connectivity index (χ4n) is 3.84. The highest BCUT2D eigenvalue weighted by Crippen LogP contribution is 2.39. The average Bonchev–Trinajstić information content (AvgIpc) is 3.02. The molecule has 0 aliphatic carbocycles. The van der Waals surface area contributed by atoms with Crippen LogP contribution in [0.15, 0.2) is 71.9 Å². The van der Waals surface area contributed by atoms with E-state index in [1.165, 1.54) is 24.4 Å². The van der Waals surface area contributed by atoms with Crippen molar-refractivity contribution in [3.05, 3.63) is 100 Å². The van der Waals surface area contributed by atoms with Gasteiger partial charge in [0, 0.05) is 30.3 Å². The van der Waals surface area contributed by atoms with Crippen LogP contribution in [0.1, 0.15) is 45.9 Å². The molecule has 0 spiro atoms. The van der Waals surface area contributed by atoms with Gasteiger partial charge in [-0.05, 0) is 43.2 Å². The average molecular weight is 419 g/mol. The number of fused-ring (bicyclic) bond motifs is 1. The third-order valence-corrected chi connectivity index (χ3v) is 5.42. The summed E-state index contributed by atoms with van der Waals surface area (Å²) in [7, 11) is 0. The van der Waals surface area contributed by atoms with E-state index in [2.05, 4.69) is 4.99 Å². The Kier molecular flexibility index (Phi) is 5.66. The molecule has 7 heteroatoms. The standard InChI is InChI=1S/C24H22FN3O3/c1-16-8-10-17(11-9-16)15-27-20(23-18(24(27)30)5-4-6-19(23)25)12-13-22(29)26-21-7-2-3-14-28(21)31/h2-11,14,20,31H,12-13,15H2,1H3. The summed E-state index contributed by atoms with van der Waals surface area (Å²) in [6.07, 6.45) is 1.60. The van der Waals surface area contributed by atoms with E-state index in [0.29, 0.717) is 17.7 Å². The Labute approximate surface area is 178 Å². The van der Waals surface area contributed by atoms with Crippen LogP contribution in [0.25, 0.3) is 0 Å². The number of benzene rings is 2. The van der Waals surface area contributed by atoms with E-state index in [0.717, 1.165) is 15.9 Å². The number of carbonyl (C=O) groups is 2. The molecule has 1 atom stereocenters. The first kappa shape index (κ1) is 20.5. The summed E-state index contributed by atoms with van der Waals surface area (Å²) in [6.45, 7) is 2.30. The molecule has 0 saturated heterocycles. The molecule has 2 amide bonds. The van der Waals surface area contributed by atoms with E-state index in [-0.39, 0.29) is 24.2 Å². The van der Waals surface area contributed by atoms with Crippen molar-refractivity contribution in [2.45, 2.75) is 32.4 Å². The fraction of sp³-hybridized carbons (Fsp3) is 0.208. The van der Waals surface area contributed by atoms with Gasteiger partial charge >= 0.3 is 0 Å². The lowest BCUT2D eigenvalue weighted by molar-refractivity contribution is -0.118. The molecule has 2 aromatic carbocycles. The third-order valence-electron chi connectivity index (χ3n) is 5.42. The SMILES string of the molecule is Cc1ccc(CN2C(=O)c3cccc(F)c3C2CCC(=O)N=c2ccccn2O)cc1. The van der Waals surface area contributed by atoms with E-state index in [4.69, 9.17) is 0 Å². The van der Waals surface area contributed by atoms with Crippen molar-refractivity contribution in [1.82, 2.24) is 9.63 Å². The van der Waals surface area contributed by atoms with Gasteiger partial charge in [-0.1, -0.05) is 42.0 Å². The minimum Gasteiger partial charge on any atom is -0.427 e. The fourth-order valence-corrected chi connectivity index (χ4v) is 3.84. The Morgan fingerprint density at radius 2 is 1.87 bits per heavy atom. The van der Waals surface area contributed by atoms with Gasteiger partial charge in [0.05, 0.1) is 6.04 Å². The number of hydrogen-bond donors (Lipinski definition) is 1. The monoisotopic (exact) mass is 419 g/mol. The van der Waals surface area contributed by atoms with Crippen molar-refractivity contribution in [1.29, 1.82) is 0 Å². The number of amides is 2. The zero-order valence-corrected chi connectivity index (χ0v) is 17.0. The molecule has 1 unspecified atom stereocenters. The molecule has 1 aliphatic heterocycles. The van der Waals surface area contributed by atoms with Crippen LogP contribution in [-0.2, 0) is 11.3 Å². The summed E-state index contributed by atoms with van der Waals surface area (Å²) in [5, 5.41) is 9.73. The van der Waals surface area contributed by atoms with Crippen molar-refractivity contribution < 1.29 is 19.2 Å². The molecular formula is C24H22FN3O3. The molecule has 6 nitrogen and oxygen atoms in total. The number of nitrogens with zero attached hydrogens (tertiary/aromatic N) is 3. The molecule has 3 aromatic rings. The molecule has 31 heavy (non-hydrogen) atoms. The summed E-state index contributed by atoms with van der Waals surface area (Å²) >= 11 is 0. The molecule has 4 rings (SSSR count). The first-order valence-corrected chi connectivity index (χ1v) is 10.0. The minimum atomic E-state index is -0.568. The Balaban J connectivity index is 1.60. The lowest BCUT2D eigenvalue weighted by Gasteiger charge is -2.25. The molecule has 2 heterocycles. The van der Waals surface area contributed by atoms with Crippen molar-refractivity contribution in [3.8, 4) is 0 Å². The molecule has 1 aromatic heterocycles. The van der Waals surface area contributed by atoms with Crippen LogP contribution in [0.3, 0.4) is 0 Å².